The van der Waals surface area contributed by atoms with Crippen LogP contribution in [0.3, 0.4) is 0 Å². The number of aromatic nitrogens is 1. The van der Waals surface area contributed by atoms with E-state index in [-0.39, 0.29) is 22.8 Å². The maximum absolute atomic E-state index is 16.9. The fourth-order valence-corrected chi connectivity index (χ4v) is 14.1. The molecule has 11 heteroatoms. The van der Waals surface area contributed by atoms with Crippen LogP contribution in [0.25, 0.3) is 0 Å². The number of hydrogen-bond acceptors (Lipinski definition) is 6. The molecule has 4 rings (SSSR count). The molecule has 1 fully saturated rings. The minimum absolute atomic E-state index is 0.00534. The number of aliphatic imine (C=N–C) groups is 1. The third-order valence-corrected chi connectivity index (χ3v) is 19.0. The molecule has 1 aromatic heterocycles. The number of carbonyl (C=O) groups excluding carboxylic acids is 1. The van der Waals surface area contributed by atoms with E-state index >= 15 is 8.60 Å². The lowest BCUT2D eigenvalue weighted by molar-refractivity contribution is 0.0560. The zero-order valence-electron chi connectivity index (χ0n) is 24.8. The first kappa shape index (κ1) is 30.6. The van der Waals surface area contributed by atoms with Crippen LogP contribution in [0.15, 0.2) is 20.0 Å². The number of rotatable bonds is 5. The van der Waals surface area contributed by atoms with Gasteiger partial charge in [-0.15, -0.1) is 0 Å². The Hall–Kier alpha value is -1.33. The van der Waals surface area contributed by atoms with Crippen LogP contribution in [0.1, 0.15) is 87.3 Å². The second kappa shape index (κ2) is 9.89. The highest BCUT2D eigenvalue weighted by Crippen LogP contribution is 2.59. The van der Waals surface area contributed by atoms with E-state index in [1.54, 1.807) is 20.8 Å². The highest BCUT2D eigenvalue weighted by atomic mass is 79.9. The van der Waals surface area contributed by atoms with Gasteiger partial charge in [0.2, 0.25) is 0 Å². The van der Waals surface area contributed by atoms with Crippen molar-refractivity contribution in [1.82, 2.24) is 10.3 Å². The molecule has 0 saturated heterocycles. The Morgan fingerprint density at radius 2 is 1.79 bits per heavy atom. The van der Waals surface area contributed by atoms with E-state index in [9.17, 15) is 4.79 Å². The van der Waals surface area contributed by atoms with Gasteiger partial charge in [0.1, 0.15) is 37.8 Å². The molecule has 1 amide bonds. The molecule has 0 aromatic carbocycles. The lowest BCUT2D eigenvalue weighted by Crippen LogP contribution is -2.63. The normalized spacial score (nSPS) is 29.2. The standard InChI is InChI=1S/C28H44BrFN4O3SSi/c1-10-39(11-2,12-3)18-15-20(29)32-22(21(18)30)27(9)19-16-28(13-14-28)17-31-38(19,36)26(7,8)23(34-27)33-24(35)37-25(4,5)6/h15,19H,10-14,16-17H2,1-9H3,(H,33,34,35)/t19?,27-,38+/m0/s1. The van der Waals surface area contributed by atoms with Gasteiger partial charge in [0, 0.05) is 0 Å². The van der Waals surface area contributed by atoms with Crippen LogP contribution >= 0.6 is 15.9 Å². The van der Waals surface area contributed by atoms with Crippen LogP contribution in [-0.4, -0.2) is 51.3 Å². The lowest BCUT2D eigenvalue weighted by atomic mass is 9.85. The molecule has 39 heavy (non-hydrogen) atoms. The second-order valence-electron chi connectivity index (χ2n) is 13.3. The Morgan fingerprint density at radius 1 is 1.21 bits per heavy atom. The summed E-state index contributed by atoms with van der Waals surface area (Å²) in [6.45, 7) is 17.7. The molecule has 2 aliphatic heterocycles. The van der Waals surface area contributed by atoms with Crippen LogP contribution in [0.5, 0.6) is 0 Å². The zero-order valence-corrected chi connectivity index (χ0v) is 28.2. The SMILES string of the molecule is CC[Si](CC)(CC)c1cc(Br)nc([C@@]2(C)N=C(NC(=O)OC(C)(C)C)C(C)(C)[S@@]3(=O)=NCC4(CC4)CC23)c1F. The van der Waals surface area contributed by atoms with Gasteiger partial charge in [0.05, 0.1) is 29.6 Å². The Morgan fingerprint density at radius 3 is 2.31 bits per heavy atom. The molecule has 218 valence electrons. The van der Waals surface area contributed by atoms with Crippen molar-refractivity contribution in [3.63, 3.8) is 0 Å². The summed E-state index contributed by atoms with van der Waals surface area (Å²) in [7, 11) is -5.17. The maximum atomic E-state index is 16.9. The van der Waals surface area contributed by atoms with Crippen molar-refractivity contribution in [2.24, 2.45) is 14.8 Å². The summed E-state index contributed by atoms with van der Waals surface area (Å²) in [6.07, 6.45) is 1.98. The number of hydrogen-bond donors (Lipinski definition) is 1. The number of amidine groups is 1. The Labute approximate surface area is 242 Å². The summed E-state index contributed by atoms with van der Waals surface area (Å²) in [5.41, 5.74) is -1.85. The van der Waals surface area contributed by atoms with Crippen molar-refractivity contribution in [2.45, 2.75) is 121 Å². The first-order valence-electron chi connectivity index (χ1n) is 14.1. The summed E-state index contributed by atoms with van der Waals surface area (Å²) < 4.78 is 41.8. The van der Waals surface area contributed by atoms with Crippen LogP contribution in [0.4, 0.5) is 9.18 Å². The molecule has 1 aliphatic carbocycles. The van der Waals surface area contributed by atoms with Crippen molar-refractivity contribution in [3.05, 3.63) is 22.2 Å². The zero-order chi connectivity index (χ0) is 29.2. The summed E-state index contributed by atoms with van der Waals surface area (Å²) in [5, 5.41) is 2.98. The molecule has 1 aromatic rings. The molecule has 1 unspecified atom stereocenters. The maximum Gasteiger partial charge on any atom is 0.413 e. The molecule has 1 saturated carbocycles. The summed E-state index contributed by atoms with van der Waals surface area (Å²) >= 11 is 3.58. The van der Waals surface area contributed by atoms with Gasteiger partial charge in [-0.25, -0.2) is 22.7 Å². The van der Waals surface area contributed by atoms with Gasteiger partial charge in [0.25, 0.3) is 0 Å². The number of alkyl carbamates (subject to hydrolysis) is 1. The van der Waals surface area contributed by atoms with Gasteiger partial charge < -0.3 is 4.74 Å². The Bertz CT molecular complexity index is 1320. The van der Waals surface area contributed by atoms with Gasteiger partial charge in [-0.2, -0.15) is 0 Å². The predicted molar refractivity (Wildman–Crippen MR) is 162 cm³/mol. The smallest absolute Gasteiger partial charge is 0.413 e. The summed E-state index contributed by atoms with van der Waals surface area (Å²) in [6, 6.07) is 4.56. The average Bonchev–Trinajstić information content (AvgIpc) is 3.60. The highest BCUT2D eigenvalue weighted by Gasteiger charge is 2.63. The van der Waals surface area contributed by atoms with E-state index in [0.29, 0.717) is 17.6 Å². The molecule has 3 heterocycles. The minimum Gasteiger partial charge on any atom is -0.444 e. The summed E-state index contributed by atoms with van der Waals surface area (Å²) in [4.78, 5) is 22.7. The van der Waals surface area contributed by atoms with Crippen LogP contribution in [-0.2, 0) is 20.0 Å². The third-order valence-electron chi connectivity index (χ3n) is 9.45. The molecule has 3 aliphatic rings. The first-order valence-corrected chi connectivity index (χ1v) is 19.1. The van der Waals surface area contributed by atoms with E-state index in [1.165, 1.54) is 0 Å². The third kappa shape index (κ3) is 5.02. The fraction of sp³-hybridized carbons (Fsp3) is 0.750. The van der Waals surface area contributed by atoms with E-state index < -0.39 is 45.0 Å². The molecule has 1 N–H and O–H groups in total. The minimum atomic E-state index is -3.02. The molecule has 0 bridgehead atoms. The van der Waals surface area contributed by atoms with Crippen molar-refractivity contribution in [2.75, 3.05) is 6.54 Å². The molecular formula is C28H44BrFN4O3SSi. The highest BCUT2D eigenvalue weighted by molar-refractivity contribution is 9.10. The number of halogens is 2. The van der Waals surface area contributed by atoms with Crippen LogP contribution < -0.4 is 10.5 Å². The summed E-state index contributed by atoms with van der Waals surface area (Å²) in [5.74, 6) is -0.154. The number of nitrogens with zero attached hydrogens (tertiary/aromatic N) is 3. The predicted octanol–water partition coefficient (Wildman–Crippen LogP) is 6.65. The first-order chi connectivity index (χ1) is 17.9. The van der Waals surface area contributed by atoms with E-state index in [2.05, 4.69) is 42.0 Å². The van der Waals surface area contributed by atoms with Gasteiger partial charge in [-0.1, -0.05) is 38.9 Å². The quantitative estimate of drug-likeness (QED) is 0.287. The van der Waals surface area contributed by atoms with Crippen molar-refractivity contribution in [1.29, 1.82) is 0 Å². The number of pyridine rings is 1. The Balaban J connectivity index is 1.99. The van der Waals surface area contributed by atoms with E-state index in [0.717, 1.165) is 36.2 Å². The molecule has 7 nitrogen and oxygen atoms in total. The number of amides is 1. The van der Waals surface area contributed by atoms with Gasteiger partial charge in [-0.3, -0.25) is 10.3 Å². The lowest BCUT2D eigenvalue weighted by Gasteiger charge is -2.50. The van der Waals surface area contributed by atoms with Crippen molar-refractivity contribution < 1.29 is 18.1 Å². The fourth-order valence-electron chi connectivity index (χ4n) is 6.36. The number of nitrogens with one attached hydrogen (secondary N) is 1. The number of ether oxygens (including phenoxy) is 1. The number of fused-ring (bicyclic) bond motifs is 1. The monoisotopic (exact) mass is 642 g/mol. The van der Waals surface area contributed by atoms with Crippen molar-refractivity contribution >= 4 is 50.8 Å². The molecule has 1 spiro atoms. The average molecular weight is 644 g/mol. The van der Waals surface area contributed by atoms with E-state index in [4.69, 9.17) is 19.1 Å². The van der Waals surface area contributed by atoms with Gasteiger partial charge in [-0.05, 0) is 93.4 Å². The van der Waals surface area contributed by atoms with E-state index in [1.807, 2.05) is 26.8 Å². The van der Waals surface area contributed by atoms with Crippen molar-refractivity contribution in [3.8, 4) is 0 Å². The molecular weight excluding hydrogens is 599 g/mol. The van der Waals surface area contributed by atoms with Crippen LogP contribution in [0, 0.1) is 11.2 Å². The largest absolute Gasteiger partial charge is 0.444 e. The topological polar surface area (TPSA) is 93.0 Å². The second-order valence-corrected chi connectivity index (χ2v) is 22.3. The Kier molecular flexibility index (Phi) is 7.77. The van der Waals surface area contributed by atoms with Gasteiger partial charge >= 0.3 is 6.09 Å². The van der Waals surface area contributed by atoms with Gasteiger partial charge in [0.15, 0.2) is 0 Å². The van der Waals surface area contributed by atoms with Crippen LogP contribution in [0.2, 0.25) is 18.1 Å². The molecule has 0 radical (unpaired) electrons. The molecule has 3 atom stereocenters. The number of carbonyl (C=O) groups is 1.